The van der Waals surface area contributed by atoms with Crippen molar-refractivity contribution in [2.45, 2.75) is 38.3 Å². The SMILES string of the molecule is CCOc1ccc(N(CCC#N)C(=O)CCc2c(C)nc(SC)[nH]c2=O)cc1. The van der Waals surface area contributed by atoms with Gasteiger partial charge in [-0.2, -0.15) is 5.26 Å². The molecule has 2 rings (SSSR count). The minimum Gasteiger partial charge on any atom is -0.494 e. The number of aryl methyl sites for hydroxylation is 1. The van der Waals surface area contributed by atoms with Gasteiger partial charge in [-0.3, -0.25) is 9.59 Å². The van der Waals surface area contributed by atoms with E-state index in [0.717, 1.165) is 5.75 Å². The van der Waals surface area contributed by atoms with Crippen LogP contribution < -0.4 is 15.2 Å². The highest BCUT2D eigenvalue weighted by molar-refractivity contribution is 7.98. The third kappa shape index (κ3) is 5.60. The quantitative estimate of drug-likeness (QED) is 0.513. The van der Waals surface area contributed by atoms with Gasteiger partial charge in [-0.05, 0) is 50.8 Å². The smallest absolute Gasteiger partial charge is 0.254 e. The Bertz CT molecular complexity index is 903. The molecule has 148 valence electrons. The lowest BCUT2D eigenvalue weighted by atomic mass is 10.1. The van der Waals surface area contributed by atoms with E-state index < -0.39 is 0 Å². The number of benzene rings is 1. The molecular formula is C20H24N4O3S. The lowest BCUT2D eigenvalue weighted by Gasteiger charge is -2.22. The van der Waals surface area contributed by atoms with Crippen molar-refractivity contribution < 1.29 is 9.53 Å². The fraction of sp³-hybridized carbons (Fsp3) is 0.400. The molecule has 1 aromatic heterocycles. The molecule has 1 N–H and O–H groups in total. The Kier molecular flexibility index (Phi) is 8.08. The van der Waals surface area contributed by atoms with Crippen molar-refractivity contribution in [2.24, 2.45) is 0 Å². The molecule has 0 fully saturated rings. The number of nitriles is 1. The maximum atomic E-state index is 12.8. The number of rotatable bonds is 9. The van der Waals surface area contributed by atoms with Crippen LogP contribution >= 0.6 is 11.8 Å². The first-order valence-electron chi connectivity index (χ1n) is 9.04. The fourth-order valence-electron chi connectivity index (χ4n) is 2.79. The van der Waals surface area contributed by atoms with E-state index in [1.54, 1.807) is 36.1 Å². The van der Waals surface area contributed by atoms with E-state index in [1.165, 1.54) is 11.8 Å². The molecule has 1 amide bonds. The summed E-state index contributed by atoms with van der Waals surface area (Å²) in [5.74, 6) is 0.577. The van der Waals surface area contributed by atoms with Gasteiger partial charge in [0.2, 0.25) is 5.91 Å². The maximum Gasteiger partial charge on any atom is 0.254 e. The molecule has 0 atom stereocenters. The van der Waals surface area contributed by atoms with Gasteiger partial charge in [0.05, 0.1) is 19.1 Å². The lowest BCUT2D eigenvalue weighted by molar-refractivity contribution is -0.118. The summed E-state index contributed by atoms with van der Waals surface area (Å²) in [5.41, 5.74) is 1.63. The number of nitrogens with zero attached hydrogens (tertiary/aromatic N) is 3. The van der Waals surface area contributed by atoms with Gasteiger partial charge >= 0.3 is 0 Å². The number of thioether (sulfide) groups is 1. The Morgan fingerprint density at radius 2 is 2.07 bits per heavy atom. The molecule has 0 saturated heterocycles. The highest BCUT2D eigenvalue weighted by Gasteiger charge is 2.17. The van der Waals surface area contributed by atoms with Crippen LogP contribution in [0.5, 0.6) is 5.75 Å². The van der Waals surface area contributed by atoms with Crippen molar-refractivity contribution in [3.05, 3.63) is 45.9 Å². The van der Waals surface area contributed by atoms with Crippen LogP contribution in [0.25, 0.3) is 0 Å². The summed E-state index contributed by atoms with van der Waals surface area (Å²) in [7, 11) is 0. The Balaban J connectivity index is 2.15. The number of hydrogen-bond acceptors (Lipinski definition) is 6. The predicted octanol–water partition coefficient (Wildman–Crippen LogP) is 3.08. The number of hydrogen-bond donors (Lipinski definition) is 1. The van der Waals surface area contributed by atoms with Crippen molar-refractivity contribution in [1.82, 2.24) is 9.97 Å². The second-order valence-electron chi connectivity index (χ2n) is 6.02. The number of carbonyl (C=O) groups is 1. The van der Waals surface area contributed by atoms with Crippen LogP contribution in [-0.4, -0.2) is 35.3 Å². The third-order valence-electron chi connectivity index (χ3n) is 4.19. The van der Waals surface area contributed by atoms with E-state index in [0.29, 0.717) is 41.7 Å². The van der Waals surface area contributed by atoms with Gasteiger partial charge in [0.25, 0.3) is 5.56 Å². The van der Waals surface area contributed by atoms with Crippen molar-refractivity contribution in [3.8, 4) is 11.8 Å². The van der Waals surface area contributed by atoms with Crippen molar-refractivity contribution in [2.75, 3.05) is 24.3 Å². The van der Waals surface area contributed by atoms with Gasteiger partial charge in [-0.25, -0.2) is 4.98 Å². The molecule has 1 aromatic carbocycles. The molecule has 8 heteroatoms. The number of carbonyl (C=O) groups excluding carboxylic acids is 1. The maximum absolute atomic E-state index is 12.8. The van der Waals surface area contributed by atoms with Crippen LogP contribution in [-0.2, 0) is 11.2 Å². The molecule has 0 bridgehead atoms. The predicted molar refractivity (Wildman–Crippen MR) is 110 cm³/mol. The highest BCUT2D eigenvalue weighted by Crippen LogP contribution is 2.21. The van der Waals surface area contributed by atoms with E-state index in [4.69, 9.17) is 10.00 Å². The molecule has 0 aliphatic heterocycles. The summed E-state index contributed by atoms with van der Waals surface area (Å²) < 4.78 is 5.43. The van der Waals surface area contributed by atoms with E-state index in [9.17, 15) is 9.59 Å². The Morgan fingerprint density at radius 1 is 1.36 bits per heavy atom. The van der Waals surface area contributed by atoms with Gasteiger partial charge in [-0.1, -0.05) is 11.8 Å². The first-order chi connectivity index (χ1) is 13.5. The standard InChI is InChI=1S/C20H24N4O3S/c1-4-27-16-8-6-15(7-9-16)24(13-5-12-21)18(25)11-10-17-14(2)22-20(28-3)23-19(17)26/h6-9H,4-5,10-11,13H2,1-3H3,(H,22,23,26). The van der Waals surface area contributed by atoms with Crippen LogP contribution in [0.3, 0.4) is 0 Å². The third-order valence-corrected chi connectivity index (χ3v) is 4.77. The average molecular weight is 401 g/mol. The number of amides is 1. The Morgan fingerprint density at radius 3 is 2.64 bits per heavy atom. The summed E-state index contributed by atoms with van der Waals surface area (Å²) in [4.78, 5) is 33.7. The lowest BCUT2D eigenvalue weighted by Crippen LogP contribution is -2.32. The van der Waals surface area contributed by atoms with Crippen LogP contribution in [0, 0.1) is 18.3 Å². The normalized spacial score (nSPS) is 10.4. The molecule has 0 unspecified atom stereocenters. The van der Waals surface area contributed by atoms with Crippen LogP contribution in [0.15, 0.2) is 34.2 Å². The number of aromatic nitrogens is 2. The molecule has 0 spiro atoms. The number of aromatic amines is 1. The zero-order valence-electron chi connectivity index (χ0n) is 16.3. The Hall–Kier alpha value is -2.79. The van der Waals surface area contributed by atoms with E-state index in [2.05, 4.69) is 16.0 Å². The van der Waals surface area contributed by atoms with Crippen molar-refractivity contribution in [1.29, 1.82) is 5.26 Å². The van der Waals surface area contributed by atoms with Gasteiger partial charge in [0.1, 0.15) is 5.75 Å². The van der Waals surface area contributed by atoms with Crippen molar-refractivity contribution >= 4 is 23.4 Å². The fourth-order valence-corrected chi connectivity index (χ4v) is 3.21. The molecule has 0 saturated carbocycles. The summed E-state index contributed by atoms with van der Waals surface area (Å²) in [6, 6.07) is 9.26. The van der Waals surface area contributed by atoms with Crippen LogP contribution in [0.2, 0.25) is 0 Å². The molecule has 28 heavy (non-hydrogen) atoms. The van der Waals surface area contributed by atoms with E-state index in [-0.39, 0.29) is 24.3 Å². The minimum absolute atomic E-state index is 0.146. The molecule has 7 nitrogen and oxygen atoms in total. The van der Waals surface area contributed by atoms with Crippen LogP contribution in [0.4, 0.5) is 5.69 Å². The van der Waals surface area contributed by atoms with E-state index in [1.807, 2.05) is 13.2 Å². The second-order valence-corrected chi connectivity index (χ2v) is 6.81. The summed E-state index contributed by atoms with van der Waals surface area (Å²) in [6.07, 6.45) is 2.51. The summed E-state index contributed by atoms with van der Waals surface area (Å²) in [5, 5.41) is 9.48. The number of anilines is 1. The van der Waals surface area contributed by atoms with Crippen molar-refractivity contribution in [3.63, 3.8) is 0 Å². The van der Waals surface area contributed by atoms with Gasteiger partial charge < -0.3 is 14.6 Å². The minimum atomic E-state index is -0.214. The van der Waals surface area contributed by atoms with E-state index >= 15 is 0 Å². The summed E-state index contributed by atoms with van der Waals surface area (Å²) in [6.45, 7) is 4.53. The summed E-state index contributed by atoms with van der Waals surface area (Å²) >= 11 is 1.36. The zero-order chi connectivity index (χ0) is 20.5. The molecule has 0 aliphatic rings. The molecule has 2 aromatic rings. The Labute approximate surface area is 168 Å². The molecule has 0 aliphatic carbocycles. The van der Waals surface area contributed by atoms with Crippen LogP contribution in [0.1, 0.15) is 31.0 Å². The average Bonchev–Trinajstić information content (AvgIpc) is 2.68. The first kappa shape index (κ1) is 21.5. The van der Waals surface area contributed by atoms with Gasteiger partial charge in [-0.15, -0.1) is 0 Å². The molecular weight excluding hydrogens is 376 g/mol. The molecule has 1 heterocycles. The van der Waals surface area contributed by atoms with Gasteiger partial charge in [0.15, 0.2) is 5.16 Å². The van der Waals surface area contributed by atoms with Gasteiger partial charge in [0, 0.05) is 29.9 Å². The zero-order valence-corrected chi connectivity index (χ0v) is 17.1. The highest BCUT2D eigenvalue weighted by atomic mass is 32.2. The second kappa shape index (κ2) is 10.5. The topological polar surface area (TPSA) is 99.1 Å². The number of nitrogens with one attached hydrogen (secondary N) is 1. The number of ether oxygens (including phenoxy) is 1. The number of H-pyrrole nitrogens is 1. The first-order valence-corrected chi connectivity index (χ1v) is 10.3. The monoisotopic (exact) mass is 400 g/mol. The molecule has 0 radical (unpaired) electrons. The largest absolute Gasteiger partial charge is 0.494 e.